The van der Waals surface area contributed by atoms with Crippen molar-refractivity contribution in [3.8, 4) is 0 Å². The summed E-state index contributed by atoms with van der Waals surface area (Å²) in [6, 6.07) is 19.6. The van der Waals surface area contributed by atoms with Crippen molar-refractivity contribution in [3.05, 3.63) is 89.7 Å². The minimum atomic E-state index is -0.592. The predicted octanol–water partition coefficient (Wildman–Crippen LogP) is 5.27. The van der Waals surface area contributed by atoms with Crippen molar-refractivity contribution in [2.24, 2.45) is 0 Å². The summed E-state index contributed by atoms with van der Waals surface area (Å²) in [6.07, 6.45) is 0. The average Bonchev–Trinajstić information content (AvgIpc) is 2.79. The van der Waals surface area contributed by atoms with Crippen LogP contribution in [0.1, 0.15) is 28.9 Å². The van der Waals surface area contributed by atoms with Crippen molar-refractivity contribution < 1.29 is 14.0 Å². The molecule has 3 aromatic carbocycles. The first kappa shape index (κ1) is 23.1. The normalized spacial score (nSPS) is 11.4. The number of hydrogen-bond acceptors (Lipinski definition) is 4. The molecular weight excluding hydrogens is 427 g/mol. The van der Waals surface area contributed by atoms with Gasteiger partial charge in [-0.1, -0.05) is 37.1 Å². The Kier molecular flexibility index (Phi) is 7.37. The van der Waals surface area contributed by atoms with Crippen molar-refractivity contribution in [3.63, 3.8) is 0 Å². The summed E-state index contributed by atoms with van der Waals surface area (Å²) in [5.41, 5.74) is 2.99. The van der Waals surface area contributed by atoms with Crippen LogP contribution < -0.4 is 19.8 Å². The third-order valence-electron chi connectivity index (χ3n) is 4.93. The number of halogens is 1. The van der Waals surface area contributed by atoms with Gasteiger partial charge in [0.2, 0.25) is 0 Å². The number of thiol groups is 1. The van der Waals surface area contributed by atoms with Crippen LogP contribution in [0.3, 0.4) is 0 Å². The number of carbonyl (C=O) groups is 2. The number of amides is 3. The van der Waals surface area contributed by atoms with Gasteiger partial charge in [-0.3, -0.25) is 4.79 Å². The number of carbonyl (C=O) groups excluding carboxylic acids is 2. The second-order valence-corrected chi connectivity index (χ2v) is 7.85. The third-order valence-corrected chi connectivity index (χ3v) is 5.34. The van der Waals surface area contributed by atoms with Crippen LogP contribution in [0.2, 0.25) is 0 Å². The first-order chi connectivity index (χ1) is 15.3. The molecule has 2 N–H and O–H groups in total. The summed E-state index contributed by atoms with van der Waals surface area (Å²) in [4.78, 5) is 26.8. The molecule has 0 aliphatic carbocycles. The highest BCUT2D eigenvalue weighted by Gasteiger charge is 2.16. The minimum Gasteiger partial charge on any atom is -0.378 e. The molecule has 32 heavy (non-hydrogen) atoms. The fourth-order valence-electron chi connectivity index (χ4n) is 3.04. The largest absolute Gasteiger partial charge is 0.378 e. The van der Waals surface area contributed by atoms with E-state index in [1.54, 1.807) is 30.3 Å². The second-order valence-electron chi connectivity index (χ2n) is 7.45. The molecule has 3 rings (SSSR count). The first-order valence-corrected chi connectivity index (χ1v) is 10.4. The lowest BCUT2D eigenvalue weighted by molar-refractivity contribution is 0.102. The summed E-state index contributed by atoms with van der Waals surface area (Å²) in [7, 11) is 3.94. The van der Waals surface area contributed by atoms with Gasteiger partial charge in [0.05, 0.1) is 17.3 Å². The van der Waals surface area contributed by atoms with Crippen molar-refractivity contribution in [2.45, 2.75) is 13.0 Å². The number of nitrogens with one attached hydrogen (secondary N) is 2. The van der Waals surface area contributed by atoms with Gasteiger partial charge in [-0.05, 0) is 61.0 Å². The van der Waals surface area contributed by atoms with E-state index in [1.807, 2.05) is 50.2 Å². The van der Waals surface area contributed by atoms with Gasteiger partial charge < -0.3 is 15.5 Å². The lowest BCUT2D eigenvalue weighted by atomic mass is 10.1. The maximum Gasteiger partial charge on any atom is 0.332 e. The highest BCUT2D eigenvalue weighted by Crippen LogP contribution is 2.22. The SMILES string of the molecule is CC(NC(=O)N(S)c1ccc(NC(=O)c2ccccc2F)cc1)c1ccc(N(C)C)cc1. The molecule has 0 radical (unpaired) electrons. The lowest BCUT2D eigenvalue weighted by Crippen LogP contribution is -2.35. The quantitative estimate of drug-likeness (QED) is 0.447. The predicted molar refractivity (Wildman–Crippen MR) is 130 cm³/mol. The Morgan fingerprint density at radius 3 is 2.09 bits per heavy atom. The topological polar surface area (TPSA) is 64.7 Å². The van der Waals surface area contributed by atoms with Gasteiger partial charge in [-0.15, -0.1) is 0 Å². The van der Waals surface area contributed by atoms with Crippen molar-refractivity contribution in [1.29, 1.82) is 0 Å². The summed E-state index contributed by atoms with van der Waals surface area (Å²) < 4.78 is 14.9. The highest BCUT2D eigenvalue weighted by molar-refractivity contribution is 7.82. The van der Waals surface area contributed by atoms with Crippen LogP contribution in [0.5, 0.6) is 0 Å². The van der Waals surface area contributed by atoms with E-state index in [1.165, 1.54) is 22.5 Å². The summed E-state index contributed by atoms with van der Waals surface area (Å²) in [6.45, 7) is 1.89. The monoisotopic (exact) mass is 452 g/mol. The van der Waals surface area contributed by atoms with E-state index in [0.717, 1.165) is 11.3 Å². The number of benzene rings is 3. The van der Waals surface area contributed by atoms with Gasteiger partial charge in [-0.2, -0.15) is 0 Å². The first-order valence-electron chi connectivity index (χ1n) is 9.99. The van der Waals surface area contributed by atoms with Gasteiger partial charge in [0.1, 0.15) is 5.82 Å². The standard InChI is InChI=1S/C24H25FN4O2S/c1-16(17-8-12-19(13-9-17)28(2)3)26-24(31)29(32)20-14-10-18(11-15-20)27-23(30)21-6-4-5-7-22(21)25/h4-16,32H,1-3H3,(H,26,31)(H,27,30). The fraction of sp³-hybridized carbons (Fsp3) is 0.167. The highest BCUT2D eigenvalue weighted by atomic mass is 32.1. The molecule has 0 bridgehead atoms. The molecule has 3 amide bonds. The van der Waals surface area contributed by atoms with E-state index in [9.17, 15) is 14.0 Å². The van der Waals surface area contributed by atoms with Crippen LogP contribution in [0.25, 0.3) is 0 Å². The Labute approximate surface area is 192 Å². The molecule has 1 atom stereocenters. The van der Waals surface area contributed by atoms with E-state index >= 15 is 0 Å². The zero-order valence-corrected chi connectivity index (χ0v) is 18.9. The molecule has 0 saturated carbocycles. The van der Waals surface area contributed by atoms with Crippen LogP contribution in [0, 0.1) is 5.82 Å². The molecule has 6 nitrogen and oxygen atoms in total. The van der Waals surface area contributed by atoms with Gasteiger partial charge in [0, 0.05) is 25.5 Å². The minimum absolute atomic E-state index is 0.0422. The maximum absolute atomic E-state index is 13.8. The van der Waals surface area contributed by atoms with Crippen LogP contribution in [0.4, 0.5) is 26.2 Å². The molecule has 166 valence electrons. The second kappa shape index (κ2) is 10.2. The van der Waals surface area contributed by atoms with Gasteiger partial charge in [0.25, 0.3) is 5.91 Å². The van der Waals surface area contributed by atoms with E-state index in [0.29, 0.717) is 11.4 Å². The molecule has 1 unspecified atom stereocenters. The Bertz CT molecular complexity index is 1090. The molecule has 0 heterocycles. The van der Waals surface area contributed by atoms with E-state index in [2.05, 4.69) is 23.4 Å². The number of nitrogens with zero attached hydrogens (tertiary/aromatic N) is 2. The zero-order valence-electron chi connectivity index (χ0n) is 18.0. The molecule has 0 spiro atoms. The number of anilines is 3. The summed E-state index contributed by atoms with van der Waals surface area (Å²) in [5, 5.41) is 5.54. The Morgan fingerprint density at radius 2 is 1.50 bits per heavy atom. The molecule has 3 aromatic rings. The third kappa shape index (κ3) is 5.59. The van der Waals surface area contributed by atoms with E-state index in [4.69, 9.17) is 0 Å². The average molecular weight is 453 g/mol. The summed E-state index contributed by atoms with van der Waals surface area (Å²) >= 11 is 4.30. The van der Waals surface area contributed by atoms with Gasteiger partial charge in [-0.25, -0.2) is 13.5 Å². The number of hydrogen-bond donors (Lipinski definition) is 3. The Hall–Kier alpha value is -3.52. The molecule has 0 fully saturated rings. The number of urea groups is 1. The van der Waals surface area contributed by atoms with Crippen LogP contribution >= 0.6 is 12.8 Å². The van der Waals surface area contributed by atoms with E-state index < -0.39 is 11.7 Å². The van der Waals surface area contributed by atoms with Crippen LogP contribution in [-0.2, 0) is 0 Å². The lowest BCUT2D eigenvalue weighted by Gasteiger charge is -2.21. The molecule has 0 saturated heterocycles. The van der Waals surface area contributed by atoms with Crippen molar-refractivity contribution in [2.75, 3.05) is 28.6 Å². The van der Waals surface area contributed by atoms with Crippen molar-refractivity contribution in [1.82, 2.24) is 5.32 Å². The van der Waals surface area contributed by atoms with Crippen LogP contribution in [-0.4, -0.2) is 26.0 Å². The zero-order chi connectivity index (χ0) is 23.3. The molecule has 0 aromatic heterocycles. The molecule has 8 heteroatoms. The number of rotatable bonds is 6. The van der Waals surface area contributed by atoms with Gasteiger partial charge in [0.15, 0.2) is 0 Å². The van der Waals surface area contributed by atoms with Crippen LogP contribution in [0.15, 0.2) is 72.8 Å². The maximum atomic E-state index is 13.8. The fourth-order valence-corrected chi connectivity index (χ4v) is 3.23. The van der Waals surface area contributed by atoms with E-state index in [-0.39, 0.29) is 17.6 Å². The smallest absolute Gasteiger partial charge is 0.332 e. The summed E-state index contributed by atoms with van der Waals surface area (Å²) in [5.74, 6) is -1.14. The van der Waals surface area contributed by atoms with Gasteiger partial charge >= 0.3 is 6.03 Å². The molecular formula is C24H25FN4O2S. The van der Waals surface area contributed by atoms with Crippen molar-refractivity contribution >= 4 is 41.8 Å². The molecule has 0 aliphatic heterocycles. The Morgan fingerprint density at radius 1 is 0.906 bits per heavy atom. The Balaban J connectivity index is 1.60. The molecule has 0 aliphatic rings.